The van der Waals surface area contributed by atoms with Crippen molar-refractivity contribution < 1.29 is 4.74 Å². The summed E-state index contributed by atoms with van der Waals surface area (Å²) in [6.07, 6.45) is 1.52. The molecule has 1 aromatic heterocycles. The van der Waals surface area contributed by atoms with Crippen LogP contribution in [0.5, 0.6) is 0 Å². The highest BCUT2D eigenvalue weighted by Crippen LogP contribution is 2.23. The molecule has 1 N–H and O–H groups in total. The lowest BCUT2D eigenvalue weighted by Gasteiger charge is -2.27. The van der Waals surface area contributed by atoms with Crippen molar-refractivity contribution in [2.24, 2.45) is 5.10 Å². The first-order valence-corrected chi connectivity index (χ1v) is 8.29. The van der Waals surface area contributed by atoms with E-state index in [-0.39, 0.29) is 0 Å². The molecule has 0 saturated carbocycles. The van der Waals surface area contributed by atoms with Crippen molar-refractivity contribution in [2.75, 3.05) is 36.6 Å². The lowest BCUT2D eigenvalue weighted by Crippen LogP contribution is -2.36. The SMILES string of the molecule is C/C(=N/Nc1cc(N2CCOCC2)ncn1)c1ccc(Cl)c(Cl)c1. The van der Waals surface area contributed by atoms with Gasteiger partial charge in [0.15, 0.2) is 5.82 Å². The first-order valence-electron chi connectivity index (χ1n) is 7.54. The highest BCUT2D eigenvalue weighted by molar-refractivity contribution is 6.42. The van der Waals surface area contributed by atoms with Gasteiger partial charge in [-0.3, -0.25) is 5.43 Å². The third-order valence-electron chi connectivity index (χ3n) is 3.66. The van der Waals surface area contributed by atoms with Crippen LogP contribution in [0.4, 0.5) is 11.6 Å². The van der Waals surface area contributed by atoms with E-state index in [4.69, 9.17) is 27.9 Å². The molecule has 24 heavy (non-hydrogen) atoms. The number of hydrogen-bond donors (Lipinski definition) is 1. The molecule has 0 spiro atoms. The van der Waals surface area contributed by atoms with Crippen molar-refractivity contribution in [1.29, 1.82) is 0 Å². The van der Waals surface area contributed by atoms with Gasteiger partial charge in [0.2, 0.25) is 0 Å². The van der Waals surface area contributed by atoms with Crippen molar-refractivity contribution in [2.45, 2.75) is 6.92 Å². The van der Waals surface area contributed by atoms with Crippen LogP contribution < -0.4 is 10.3 Å². The number of morpholine rings is 1. The van der Waals surface area contributed by atoms with Crippen LogP contribution in [0, 0.1) is 0 Å². The summed E-state index contributed by atoms with van der Waals surface area (Å²) in [5.74, 6) is 1.49. The predicted molar refractivity (Wildman–Crippen MR) is 97.4 cm³/mol. The predicted octanol–water partition coefficient (Wildman–Crippen LogP) is 3.46. The number of anilines is 2. The van der Waals surface area contributed by atoms with Crippen molar-refractivity contribution >= 4 is 40.5 Å². The fourth-order valence-electron chi connectivity index (χ4n) is 2.30. The van der Waals surface area contributed by atoms with Crippen LogP contribution in [0.2, 0.25) is 10.0 Å². The van der Waals surface area contributed by atoms with E-state index in [9.17, 15) is 0 Å². The standard InChI is InChI=1S/C16H17Cl2N5O/c1-11(12-2-3-13(17)14(18)8-12)21-22-15-9-16(20-10-19-15)23-4-6-24-7-5-23/h2-3,8-10H,4-7H2,1H3,(H,19,20,22)/b21-11-. The van der Waals surface area contributed by atoms with Gasteiger partial charge in [0, 0.05) is 19.2 Å². The average Bonchev–Trinajstić information content (AvgIpc) is 2.63. The summed E-state index contributed by atoms with van der Waals surface area (Å²) < 4.78 is 5.35. The molecule has 0 unspecified atom stereocenters. The number of hydrazone groups is 1. The molecular weight excluding hydrogens is 349 g/mol. The Morgan fingerprint density at radius 3 is 2.71 bits per heavy atom. The van der Waals surface area contributed by atoms with Crippen LogP contribution in [0.3, 0.4) is 0 Å². The molecule has 3 rings (SSSR count). The largest absolute Gasteiger partial charge is 0.378 e. The Bertz CT molecular complexity index is 747. The lowest BCUT2D eigenvalue weighted by atomic mass is 10.1. The molecule has 1 saturated heterocycles. The van der Waals surface area contributed by atoms with Gasteiger partial charge in [0.05, 0.1) is 29.0 Å². The Morgan fingerprint density at radius 1 is 1.17 bits per heavy atom. The van der Waals surface area contributed by atoms with E-state index in [1.54, 1.807) is 12.1 Å². The Kier molecular flexibility index (Phi) is 5.50. The number of aromatic nitrogens is 2. The maximum absolute atomic E-state index is 6.04. The zero-order chi connectivity index (χ0) is 16.9. The number of benzene rings is 1. The zero-order valence-corrected chi connectivity index (χ0v) is 14.7. The molecule has 2 heterocycles. The Labute approximate surface area is 150 Å². The van der Waals surface area contributed by atoms with Crippen molar-refractivity contribution in [1.82, 2.24) is 9.97 Å². The number of nitrogens with zero attached hydrogens (tertiary/aromatic N) is 4. The second-order valence-corrected chi connectivity index (χ2v) is 6.11. The van der Waals surface area contributed by atoms with E-state index < -0.39 is 0 Å². The van der Waals surface area contributed by atoms with Gasteiger partial charge in [-0.2, -0.15) is 5.10 Å². The topological polar surface area (TPSA) is 62.6 Å². The number of halogens is 2. The number of nitrogens with one attached hydrogen (secondary N) is 1. The van der Waals surface area contributed by atoms with Gasteiger partial charge < -0.3 is 9.64 Å². The van der Waals surface area contributed by atoms with Crippen LogP contribution in [0.1, 0.15) is 12.5 Å². The molecule has 6 nitrogen and oxygen atoms in total. The molecule has 2 aromatic rings. The Morgan fingerprint density at radius 2 is 1.96 bits per heavy atom. The summed E-state index contributed by atoms with van der Waals surface area (Å²) in [7, 11) is 0. The lowest BCUT2D eigenvalue weighted by molar-refractivity contribution is 0.122. The van der Waals surface area contributed by atoms with Crippen LogP contribution in [-0.4, -0.2) is 42.0 Å². The van der Waals surface area contributed by atoms with Crippen molar-refractivity contribution in [3.63, 3.8) is 0 Å². The highest BCUT2D eigenvalue weighted by atomic mass is 35.5. The van der Waals surface area contributed by atoms with Gasteiger partial charge in [0.25, 0.3) is 0 Å². The summed E-state index contributed by atoms with van der Waals surface area (Å²) >= 11 is 12.0. The molecule has 0 amide bonds. The maximum Gasteiger partial charge on any atom is 0.151 e. The van der Waals surface area contributed by atoms with Gasteiger partial charge in [-0.25, -0.2) is 9.97 Å². The number of ether oxygens (including phenoxy) is 1. The van der Waals surface area contributed by atoms with Gasteiger partial charge in [0.1, 0.15) is 12.1 Å². The van der Waals surface area contributed by atoms with Crippen LogP contribution in [0.15, 0.2) is 35.7 Å². The average molecular weight is 366 g/mol. The molecule has 0 bridgehead atoms. The third kappa shape index (κ3) is 4.14. The fraction of sp³-hybridized carbons (Fsp3) is 0.312. The fourth-order valence-corrected chi connectivity index (χ4v) is 2.60. The Hall–Kier alpha value is -1.89. The minimum Gasteiger partial charge on any atom is -0.378 e. The molecule has 0 aliphatic carbocycles. The molecule has 1 aliphatic heterocycles. The first kappa shape index (κ1) is 17.0. The van der Waals surface area contributed by atoms with Gasteiger partial charge in [-0.15, -0.1) is 0 Å². The van der Waals surface area contributed by atoms with Crippen LogP contribution >= 0.6 is 23.2 Å². The molecule has 1 aliphatic rings. The van der Waals surface area contributed by atoms with Gasteiger partial charge >= 0.3 is 0 Å². The summed E-state index contributed by atoms with van der Waals surface area (Å²) in [5.41, 5.74) is 4.63. The van der Waals surface area contributed by atoms with E-state index in [1.165, 1.54) is 6.33 Å². The van der Waals surface area contributed by atoms with E-state index >= 15 is 0 Å². The minimum atomic E-state index is 0.500. The maximum atomic E-state index is 6.04. The van der Waals surface area contributed by atoms with Gasteiger partial charge in [-0.1, -0.05) is 29.3 Å². The molecular formula is C16H17Cl2N5O. The summed E-state index contributed by atoms with van der Waals surface area (Å²) in [4.78, 5) is 10.7. The number of rotatable bonds is 4. The molecule has 0 radical (unpaired) electrons. The molecule has 0 atom stereocenters. The summed E-state index contributed by atoms with van der Waals surface area (Å²) in [6.45, 7) is 4.95. The monoisotopic (exact) mass is 365 g/mol. The highest BCUT2D eigenvalue weighted by Gasteiger charge is 2.13. The quantitative estimate of drug-likeness (QED) is 0.663. The van der Waals surface area contributed by atoms with Crippen LogP contribution in [0.25, 0.3) is 0 Å². The normalized spacial score (nSPS) is 15.5. The molecule has 1 aromatic carbocycles. The zero-order valence-electron chi connectivity index (χ0n) is 13.2. The summed E-state index contributed by atoms with van der Waals surface area (Å²) in [6, 6.07) is 7.27. The molecule has 126 valence electrons. The van der Waals surface area contributed by atoms with Crippen molar-refractivity contribution in [3.05, 3.63) is 46.2 Å². The minimum absolute atomic E-state index is 0.500. The Balaban J connectivity index is 1.72. The van der Waals surface area contributed by atoms with E-state index in [2.05, 4.69) is 25.4 Å². The second-order valence-electron chi connectivity index (χ2n) is 5.30. The smallest absolute Gasteiger partial charge is 0.151 e. The van der Waals surface area contributed by atoms with E-state index in [1.807, 2.05) is 19.1 Å². The third-order valence-corrected chi connectivity index (χ3v) is 4.40. The molecule has 8 heteroatoms. The van der Waals surface area contributed by atoms with Crippen molar-refractivity contribution in [3.8, 4) is 0 Å². The number of hydrogen-bond acceptors (Lipinski definition) is 6. The first-order chi connectivity index (χ1) is 11.6. The van der Waals surface area contributed by atoms with E-state index in [0.717, 1.165) is 30.2 Å². The summed E-state index contributed by atoms with van der Waals surface area (Å²) in [5, 5.41) is 5.37. The van der Waals surface area contributed by atoms with E-state index in [0.29, 0.717) is 29.1 Å². The van der Waals surface area contributed by atoms with Crippen LogP contribution in [-0.2, 0) is 4.74 Å². The van der Waals surface area contributed by atoms with Gasteiger partial charge in [-0.05, 0) is 24.6 Å². The second kappa shape index (κ2) is 7.79. The molecule has 1 fully saturated rings.